The summed E-state index contributed by atoms with van der Waals surface area (Å²) in [7, 11) is 3.72. The van der Waals surface area contributed by atoms with E-state index in [1.54, 1.807) is 13.1 Å². The van der Waals surface area contributed by atoms with Crippen molar-refractivity contribution >= 4 is 11.8 Å². The Labute approximate surface area is 117 Å². The van der Waals surface area contributed by atoms with Gasteiger partial charge in [0.1, 0.15) is 0 Å². The molecule has 0 unspecified atom stereocenters. The zero-order valence-electron chi connectivity index (χ0n) is 11.9. The first kappa shape index (κ1) is 14.3. The Morgan fingerprint density at radius 2 is 2.20 bits per heavy atom. The molecule has 0 saturated carbocycles. The number of Topliss-reactive ketones (excluding diaryl/α,β-unsaturated/α-hetero) is 1. The van der Waals surface area contributed by atoms with E-state index in [0.717, 1.165) is 6.42 Å². The Morgan fingerprint density at radius 1 is 1.45 bits per heavy atom. The van der Waals surface area contributed by atoms with Crippen LogP contribution < -0.4 is 0 Å². The molecule has 6 heteroatoms. The monoisotopic (exact) mass is 278 g/mol. The number of hydrogen-bond acceptors (Lipinski definition) is 6. The second-order valence-electron chi connectivity index (χ2n) is 4.86. The highest BCUT2D eigenvalue weighted by Gasteiger charge is 2.30. The average molecular weight is 278 g/mol. The van der Waals surface area contributed by atoms with Crippen molar-refractivity contribution in [2.75, 3.05) is 20.7 Å². The van der Waals surface area contributed by atoms with Crippen LogP contribution in [0, 0.1) is 0 Å². The molecule has 0 atom stereocenters. The van der Waals surface area contributed by atoms with Gasteiger partial charge in [0, 0.05) is 31.4 Å². The summed E-state index contributed by atoms with van der Waals surface area (Å²) in [6, 6.07) is 0. The molecule has 0 amide bonds. The van der Waals surface area contributed by atoms with Crippen LogP contribution in [0.25, 0.3) is 0 Å². The van der Waals surface area contributed by atoms with Crippen LogP contribution >= 0.6 is 0 Å². The maximum Gasteiger partial charge on any atom is 0.377 e. The van der Waals surface area contributed by atoms with Crippen molar-refractivity contribution in [1.82, 2.24) is 10.1 Å². The van der Waals surface area contributed by atoms with Crippen LogP contribution in [-0.4, -0.2) is 42.5 Å². The molecule has 1 aliphatic rings. The number of esters is 1. The largest absolute Gasteiger partial charge is 0.460 e. The molecule has 1 aliphatic carbocycles. The normalized spacial score (nSPS) is 16.8. The van der Waals surface area contributed by atoms with E-state index in [4.69, 9.17) is 9.26 Å². The summed E-state index contributed by atoms with van der Waals surface area (Å²) in [6.45, 7) is 1.98. The third-order valence-corrected chi connectivity index (χ3v) is 3.04. The van der Waals surface area contributed by atoms with Crippen LogP contribution in [-0.2, 0) is 11.2 Å². The molecule has 2 rings (SSSR count). The van der Waals surface area contributed by atoms with Gasteiger partial charge in [-0.05, 0) is 26.2 Å². The summed E-state index contributed by atoms with van der Waals surface area (Å²) in [4.78, 5) is 26.0. The molecule has 6 nitrogen and oxygen atoms in total. The van der Waals surface area contributed by atoms with Gasteiger partial charge in [-0.2, -0.15) is 0 Å². The lowest BCUT2D eigenvalue weighted by Crippen LogP contribution is -2.10. The molecule has 0 saturated heterocycles. The number of aromatic nitrogens is 1. The molecule has 20 heavy (non-hydrogen) atoms. The van der Waals surface area contributed by atoms with Crippen molar-refractivity contribution in [3.8, 4) is 0 Å². The Kier molecular flexibility index (Phi) is 4.22. The number of nitrogens with zero attached hydrogens (tertiary/aromatic N) is 2. The molecule has 0 aromatic carbocycles. The number of fused-ring (bicyclic) bond motifs is 1. The molecular weight excluding hydrogens is 260 g/mol. The zero-order valence-corrected chi connectivity index (χ0v) is 11.9. The molecule has 108 valence electrons. The number of ether oxygens (including phenoxy) is 1. The van der Waals surface area contributed by atoms with Crippen molar-refractivity contribution < 1.29 is 18.8 Å². The van der Waals surface area contributed by atoms with Crippen molar-refractivity contribution in [3.63, 3.8) is 0 Å². The second-order valence-corrected chi connectivity index (χ2v) is 4.86. The summed E-state index contributed by atoms with van der Waals surface area (Å²) in [5.41, 5.74) is 1.48. The van der Waals surface area contributed by atoms with Crippen molar-refractivity contribution in [2.45, 2.75) is 26.2 Å². The van der Waals surface area contributed by atoms with Gasteiger partial charge in [0.25, 0.3) is 0 Å². The van der Waals surface area contributed by atoms with Crippen LogP contribution in [0.1, 0.15) is 46.4 Å². The van der Waals surface area contributed by atoms with Crippen LogP contribution in [0.5, 0.6) is 0 Å². The lowest BCUT2D eigenvalue weighted by molar-refractivity contribution is 0.0477. The maximum atomic E-state index is 12.4. The van der Waals surface area contributed by atoms with Gasteiger partial charge in [-0.25, -0.2) is 4.79 Å². The zero-order chi connectivity index (χ0) is 14.7. The first-order valence-electron chi connectivity index (χ1n) is 6.62. The smallest absolute Gasteiger partial charge is 0.377 e. The maximum absolute atomic E-state index is 12.4. The number of hydrogen-bond donors (Lipinski definition) is 0. The van der Waals surface area contributed by atoms with E-state index in [1.807, 2.05) is 19.0 Å². The van der Waals surface area contributed by atoms with Crippen LogP contribution in [0.4, 0.5) is 0 Å². The molecule has 0 spiro atoms. The summed E-state index contributed by atoms with van der Waals surface area (Å²) >= 11 is 0. The van der Waals surface area contributed by atoms with Gasteiger partial charge >= 0.3 is 5.97 Å². The first-order chi connectivity index (χ1) is 9.54. The van der Waals surface area contributed by atoms with E-state index < -0.39 is 5.97 Å². The molecule has 0 fully saturated rings. The Hall–Kier alpha value is -2.11. The topological polar surface area (TPSA) is 72.6 Å². The van der Waals surface area contributed by atoms with E-state index in [0.29, 0.717) is 24.0 Å². The summed E-state index contributed by atoms with van der Waals surface area (Å²) in [5, 5.41) is 3.77. The van der Waals surface area contributed by atoms with E-state index in [-0.39, 0.29) is 23.8 Å². The molecular formula is C14H18N2O4. The van der Waals surface area contributed by atoms with Gasteiger partial charge < -0.3 is 14.2 Å². The van der Waals surface area contributed by atoms with E-state index in [2.05, 4.69) is 5.16 Å². The molecule has 1 aromatic rings. The summed E-state index contributed by atoms with van der Waals surface area (Å²) in [5.74, 6) is -0.680. The Bertz CT molecular complexity index is 558. The molecule has 1 aromatic heterocycles. The number of carbonyl (C=O) groups excluding carboxylic acids is 2. The van der Waals surface area contributed by atoms with Crippen molar-refractivity contribution in [1.29, 1.82) is 0 Å². The Morgan fingerprint density at radius 3 is 2.85 bits per heavy atom. The van der Waals surface area contributed by atoms with Crippen molar-refractivity contribution in [3.05, 3.63) is 28.8 Å². The van der Waals surface area contributed by atoms with Crippen LogP contribution in [0.15, 0.2) is 16.3 Å². The molecule has 1 heterocycles. The SMILES string of the molecule is CCOC(=O)c1onc2c1CCC/C(=C\N(C)C)C2=O. The van der Waals surface area contributed by atoms with E-state index in [1.165, 1.54) is 0 Å². The molecule has 0 N–H and O–H groups in total. The lowest BCUT2D eigenvalue weighted by atomic mass is 10.1. The lowest BCUT2D eigenvalue weighted by Gasteiger charge is -2.08. The quantitative estimate of drug-likeness (QED) is 0.477. The van der Waals surface area contributed by atoms with Gasteiger partial charge in [0.05, 0.1) is 6.61 Å². The third kappa shape index (κ3) is 2.74. The van der Waals surface area contributed by atoms with Gasteiger partial charge in [-0.1, -0.05) is 5.16 Å². The van der Waals surface area contributed by atoms with Crippen LogP contribution in [0.3, 0.4) is 0 Å². The van der Waals surface area contributed by atoms with Gasteiger partial charge in [-0.3, -0.25) is 4.79 Å². The minimum Gasteiger partial charge on any atom is -0.460 e. The average Bonchev–Trinajstić information content (AvgIpc) is 2.74. The minimum absolute atomic E-state index is 0.0568. The predicted molar refractivity (Wildman–Crippen MR) is 71.5 cm³/mol. The van der Waals surface area contributed by atoms with Gasteiger partial charge in [-0.15, -0.1) is 0 Å². The molecule has 0 radical (unpaired) electrons. The number of rotatable bonds is 3. The highest BCUT2D eigenvalue weighted by Crippen LogP contribution is 2.26. The third-order valence-electron chi connectivity index (χ3n) is 3.04. The van der Waals surface area contributed by atoms with Crippen molar-refractivity contribution in [2.24, 2.45) is 0 Å². The van der Waals surface area contributed by atoms with Gasteiger partial charge in [0.2, 0.25) is 11.5 Å². The fourth-order valence-electron chi connectivity index (χ4n) is 2.23. The number of allylic oxidation sites excluding steroid dienone is 1. The highest BCUT2D eigenvalue weighted by atomic mass is 16.6. The summed E-state index contributed by atoms with van der Waals surface area (Å²) in [6.07, 6.45) is 3.81. The molecule has 0 bridgehead atoms. The highest BCUT2D eigenvalue weighted by molar-refractivity contribution is 6.09. The minimum atomic E-state index is -0.561. The van der Waals surface area contributed by atoms with E-state index >= 15 is 0 Å². The first-order valence-corrected chi connectivity index (χ1v) is 6.62. The van der Waals surface area contributed by atoms with Gasteiger partial charge in [0.15, 0.2) is 5.69 Å². The fourth-order valence-corrected chi connectivity index (χ4v) is 2.23. The fraction of sp³-hybridized carbons (Fsp3) is 0.500. The second kappa shape index (κ2) is 5.90. The Balaban J connectivity index is 2.38. The predicted octanol–water partition coefficient (Wildman–Crippen LogP) is 1.82. The molecule has 0 aliphatic heterocycles. The van der Waals surface area contributed by atoms with Crippen LogP contribution in [0.2, 0.25) is 0 Å². The number of ketones is 1. The number of carbonyl (C=O) groups is 2. The summed E-state index contributed by atoms with van der Waals surface area (Å²) < 4.78 is 9.94. The standard InChI is InChI=1S/C14H18N2O4/c1-4-19-14(18)13-10-7-5-6-9(8-16(2)3)12(17)11(10)15-20-13/h8H,4-7H2,1-3H3/b9-8+. The van der Waals surface area contributed by atoms with E-state index in [9.17, 15) is 9.59 Å².